The van der Waals surface area contributed by atoms with Crippen molar-refractivity contribution in [1.29, 1.82) is 0 Å². The van der Waals surface area contributed by atoms with Gasteiger partial charge in [0, 0.05) is 17.5 Å². The average Bonchev–Trinajstić information content (AvgIpc) is 3.32. The van der Waals surface area contributed by atoms with Crippen LogP contribution >= 0.6 is 8.58 Å². The van der Waals surface area contributed by atoms with Gasteiger partial charge in [0.1, 0.15) is 5.45 Å². The fourth-order valence-electron chi connectivity index (χ4n) is 5.03. The van der Waals surface area contributed by atoms with Crippen molar-refractivity contribution in [1.82, 2.24) is 4.90 Å². The molecule has 2 unspecified atom stereocenters. The predicted octanol–water partition coefficient (Wildman–Crippen LogP) is 7.58. The summed E-state index contributed by atoms with van der Waals surface area (Å²) in [5.74, 6) is 1.01. The van der Waals surface area contributed by atoms with Gasteiger partial charge in [0.2, 0.25) is 0 Å². The predicted molar refractivity (Wildman–Crippen MR) is 148 cm³/mol. The Morgan fingerprint density at radius 3 is 2.51 bits per heavy atom. The number of benzene rings is 2. The smallest absolute Gasteiger partial charge is 0.173 e. The number of piperidine rings is 1. The van der Waals surface area contributed by atoms with E-state index in [-0.39, 0.29) is 11.3 Å². The highest BCUT2D eigenvalue weighted by Crippen LogP contribution is 2.44. The van der Waals surface area contributed by atoms with Crippen LogP contribution in [0.15, 0.2) is 60.0 Å². The molecule has 188 valence electrons. The molecule has 4 rings (SSSR count). The molecule has 2 atom stereocenters. The molecule has 4 nitrogen and oxygen atoms in total. The molecule has 0 bridgehead atoms. The van der Waals surface area contributed by atoms with Gasteiger partial charge < -0.3 is 9.94 Å². The van der Waals surface area contributed by atoms with Crippen molar-refractivity contribution in [2.24, 2.45) is 16.5 Å². The van der Waals surface area contributed by atoms with E-state index in [1.165, 1.54) is 22.3 Å². The summed E-state index contributed by atoms with van der Waals surface area (Å²) in [6, 6.07) is 15.7. The van der Waals surface area contributed by atoms with Crippen molar-refractivity contribution in [2.75, 3.05) is 13.1 Å². The van der Waals surface area contributed by atoms with Crippen LogP contribution in [0, 0.1) is 11.3 Å². The molecule has 35 heavy (non-hydrogen) atoms. The van der Waals surface area contributed by atoms with Gasteiger partial charge in [-0.2, -0.15) is 0 Å². The van der Waals surface area contributed by atoms with E-state index in [0.717, 1.165) is 62.8 Å². The van der Waals surface area contributed by atoms with Gasteiger partial charge in [0.25, 0.3) is 0 Å². The first kappa shape index (κ1) is 25.9. The van der Waals surface area contributed by atoms with Crippen LogP contribution in [0.25, 0.3) is 0 Å². The quantitative estimate of drug-likeness (QED) is 0.290. The number of likely N-dealkylation sites (tertiary alicyclic amines) is 1. The van der Waals surface area contributed by atoms with E-state index in [1.54, 1.807) is 0 Å². The largest absolute Gasteiger partial charge is 0.512 e. The van der Waals surface area contributed by atoms with Gasteiger partial charge in [-0.15, -0.1) is 0 Å². The molecule has 2 aliphatic rings. The zero-order chi connectivity index (χ0) is 25.0. The van der Waals surface area contributed by atoms with Crippen molar-refractivity contribution in [3.8, 4) is 0 Å². The third kappa shape index (κ3) is 6.35. The Kier molecular flexibility index (Phi) is 8.34. The molecule has 0 aliphatic carbocycles. The van der Waals surface area contributed by atoms with Gasteiger partial charge in [0.15, 0.2) is 5.85 Å². The summed E-state index contributed by atoms with van der Waals surface area (Å²) < 4.78 is 0. The standard InChI is InChI=1S/C30H41N2O2P/c1-6-7-25-19-27(13-12-26(25)18-21(2)3)29-34-31-28(35-29)24-10-8-23(9-11-24)20-32-16-14-30(5,15-17-32)22(4)33/h8-13,19,21,29,33,35H,4,6-7,14-18,20H2,1-3,5H3. The normalized spacial score (nSPS) is 20.7. The van der Waals surface area contributed by atoms with Crippen LogP contribution in [0.4, 0.5) is 0 Å². The van der Waals surface area contributed by atoms with E-state index in [0.29, 0.717) is 20.3 Å². The minimum absolute atomic E-state index is 0.0253. The van der Waals surface area contributed by atoms with Crippen LogP contribution in [0.1, 0.15) is 80.6 Å². The lowest BCUT2D eigenvalue weighted by Crippen LogP contribution is -2.39. The molecular weight excluding hydrogens is 451 g/mol. The van der Waals surface area contributed by atoms with Gasteiger partial charge in [-0.25, -0.2) is 0 Å². The summed E-state index contributed by atoms with van der Waals surface area (Å²) in [6.07, 6.45) is 5.31. The van der Waals surface area contributed by atoms with E-state index in [1.807, 2.05) is 0 Å². The Labute approximate surface area is 213 Å². The van der Waals surface area contributed by atoms with Gasteiger partial charge in [-0.05, 0) is 75.5 Å². The second kappa shape index (κ2) is 11.3. The minimum atomic E-state index is -0.134. The first-order chi connectivity index (χ1) is 16.8. The lowest BCUT2D eigenvalue weighted by atomic mass is 9.79. The van der Waals surface area contributed by atoms with E-state index in [9.17, 15) is 5.11 Å². The maximum atomic E-state index is 9.89. The van der Waals surface area contributed by atoms with E-state index >= 15 is 0 Å². The van der Waals surface area contributed by atoms with Gasteiger partial charge in [-0.1, -0.05) is 88.3 Å². The van der Waals surface area contributed by atoms with Crippen LogP contribution in [-0.2, 0) is 24.2 Å². The highest BCUT2D eigenvalue weighted by atomic mass is 31.1. The summed E-state index contributed by atoms with van der Waals surface area (Å²) in [6.45, 7) is 15.6. The van der Waals surface area contributed by atoms with Crippen LogP contribution in [-0.4, -0.2) is 28.5 Å². The maximum Gasteiger partial charge on any atom is 0.173 e. The van der Waals surface area contributed by atoms with Gasteiger partial charge >= 0.3 is 0 Å². The molecule has 5 heteroatoms. The Bertz CT molecular complexity index is 1050. The first-order valence-corrected chi connectivity index (χ1v) is 14.2. The molecule has 1 saturated heterocycles. The number of rotatable bonds is 9. The molecule has 2 aromatic carbocycles. The van der Waals surface area contributed by atoms with Crippen LogP contribution in [0.5, 0.6) is 0 Å². The SMILES string of the molecule is C=C(O)C1(C)CCN(Cc2ccc(C3=NOC(c4ccc(CC(C)C)c(CCC)c4)P3)cc2)CC1. The molecule has 1 N–H and O–H groups in total. The van der Waals surface area contributed by atoms with Gasteiger partial charge in [-0.3, -0.25) is 4.90 Å². The molecular formula is C30H41N2O2P. The monoisotopic (exact) mass is 492 g/mol. The lowest BCUT2D eigenvalue weighted by Gasteiger charge is -2.38. The second-order valence-electron chi connectivity index (χ2n) is 10.9. The van der Waals surface area contributed by atoms with E-state index < -0.39 is 0 Å². The highest BCUT2D eigenvalue weighted by molar-refractivity contribution is 7.59. The second-order valence-corrected chi connectivity index (χ2v) is 12.2. The fraction of sp³-hybridized carbons (Fsp3) is 0.500. The fourth-order valence-corrected chi connectivity index (χ4v) is 6.17. The number of aliphatic hydroxyl groups is 1. The topological polar surface area (TPSA) is 45.1 Å². The lowest BCUT2D eigenvalue weighted by molar-refractivity contribution is 0.103. The molecule has 0 amide bonds. The molecule has 0 spiro atoms. The Morgan fingerprint density at radius 2 is 1.89 bits per heavy atom. The van der Waals surface area contributed by atoms with Crippen LogP contribution in [0.2, 0.25) is 0 Å². The summed E-state index contributed by atoms with van der Waals surface area (Å²) in [5.41, 5.74) is 7.57. The molecule has 2 heterocycles. The zero-order valence-corrected chi connectivity index (χ0v) is 22.8. The number of oxime groups is 1. The number of aliphatic hydroxyl groups excluding tert-OH is 1. The number of allylic oxidation sites excluding steroid dienone is 1. The van der Waals surface area contributed by atoms with E-state index in [4.69, 9.17) is 4.84 Å². The van der Waals surface area contributed by atoms with E-state index in [2.05, 4.69) is 86.8 Å². The molecule has 0 aromatic heterocycles. The molecule has 1 fully saturated rings. The van der Waals surface area contributed by atoms with Crippen molar-refractivity contribution in [3.63, 3.8) is 0 Å². The maximum absolute atomic E-state index is 9.89. The number of hydrogen-bond acceptors (Lipinski definition) is 4. The Morgan fingerprint density at radius 1 is 1.17 bits per heavy atom. The van der Waals surface area contributed by atoms with Crippen molar-refractivity contribution in [3.05, 3.63) is 82.6 Å². The molecule has 0 saturated carbocycles. The molecule has 2 aromatic rings. The van der Waals surface area contributed by atoms with Gasteiger partial charge in [0.05, 0.1) is 5.76 Å². The third-order valence-corrected chi connectivity index (χ3v) is 8.84. The van der Waals surface area contributed by atoms with Crippen molar-refractivity contribution in [2.45, 2.75) is 72.2 Å². The number of nitrogens with zero attached hydrogens (tertiary/aromatic N) is 2. The number of aryl methyl sites for hydroxylation is 1. The first-order valence-electron chi connectivity index (χ1n) is 13.1. The van der Waals surface area contributed by atoms with Crippen molar-refractivity contribution >= 4 is 14.0 Å². The van der Waals surface area contributed by atoms with Crippen LogP contribution < -0.4 is 0 Å². The minimum Gasteiger partial charge on any atom is -0.512 e. The Balaban J connectivity index is 1.35. The number of hydrogen-bond donors (Lipinski definition) is 1. The average molecular weight is 493 g/mol. The summed E-state index contributed by atoms with van der Waals surface area (Å²) in [7, 11) is 0.515. The van der Waals surface area contributed by atoms with Crippen molar-refractivity contribution < 1.29 is 9.94 Å². The zero-order valence-electron chi connectivity index (χ0n) is 21.8. The van der Waals surface area contributed by atoms with Crippen LogP contribution in [0.3, 0.4) is 0 Å². The summed E-state index contributed by atoms with van der Waals surface area (Å²) >= 11 is 0. The molecule has 2 aliphatic heterocycles. The highest BCUT2D eigenvalue weighted by Gasteiger charge is 2.32. The molecule has 0 radical (unpaired) electrons. The summed E-state index contributed by atoms with van der Waals surface area (Å²) in [4.78, 5) is 8.38. The Hall–Kier alpha value is -2.16. The summed E-state index contributed by atoms with van der Waals surface area (Å²) in [5, 5.41) is 14.4. The third-order valence-electron chi connectivity index (χ3n) is 7.49.